The van der Waals surface area contributed by atoms with Crippen LogP contribution < -0.4 is 10.2 Å². The zero-order valence-corrected chi connectivity index (χ0v) is 17.7. The molecule has 0 bridgehead atoms. The number of aromatic nitrogens is 2. The van der Waals surface area contributed by atoms with Gasteiger partial charge >= 0.3 is 0 Å². The van der Waals surface area contributed by atoms with Gasteiger partial charge in [-0.05, 0) is 31.2 Å². The van der Waals surface area contributed by atoms with Crippen molar-refractivity contribution >= 4 is 22.8 Å². The van der Waals surface area contributed by atoms with Crippen LogP contribution in [0.3, 0.4) is 0 Å². The summed E-state index contributed by atoms with van der Waals surface area (Å²) in [6, 6.07) is 19.7. The molecule has 158 valence electrons. The van der Waals surface area contributed by atoms with E-state index in [9.17, 15) is 10.1 Å². The second-order valence-electron chi connectivity index (χ2n) is 7.80. The molecule has 3 aromatic rings. The van der Waals surface area contributed by atoms with Crippen LogP contribution >= 0.6 is 0 Å². The Bertz CT molecular complexity index is 1090. The lowest BCUT2D eigenvalue weighted by Crippen LogP contribution is -2.45. The molecule has 1 aliphatic heterocycles. The first-order valence-corrected chi connectivity index (χ1v) is 10.6. The van der Waals surface area contributed by atoms with Crippen LogP contribution in [-0.4, -0.2) is 60.5 Å². The fourth-order valence-electron chi connectivity index (χ4n) is 3.77. The number of nitriles is 1. The van der Waals surface area contributed by atoms with Crippen molar-refractivity contribution in [1.82, 2.24) is 20.2 Å². The number of anilines is 1. The molecule has 2 heterocycles. The van der Waals surface area contributed by atoms with Crippen molar-refractivity contribution in [3.8, 4) is 6.07 Å². The van der Waals surface area contributed by atoms with E-state index in [1.54, 1.807) is 0 Å². The molecule has 1 N–H and O–H groups in total. The van der Waals surface area contributed by atoms with Crippen LogP contribution in [-0.2, 0) is 11.2 Å². The summed E-state index contributed by atoms with van der Waals surface area (Å²) >= 11 is 0. The van der Waals surface area contributed by atoms with Gasteiger partial charge in [0.15, 0.2) is 11.7 Å². The highest BCUT2D eigenvalue weighted by Crippen LogP contribution is 2.28. The number of hydrogen-bond acceptors (Lipinski definition) is 6. The largest absolute Gasteiger partial charge is 0.354 e. The predicted octanol–water partition coefficient (Wildman–Crippen LogP) is 2.35. The van der Waals surface area contributed by atoms with Gasteiger partial charge in [0.05, 0.1) is 17.1 Å². The standard InChI is InChI=1S/C24H26N6O/c1-29-13-15-30(16-14-29)23-22(27-20-9-5-6-10-21(20)28-23)19(17-25)24(31)26-12-11-18-7-3-2-4-8-18/h2-10,19H,11-16H2,1H3,(H,26,31). The van der Waals surface area contributed by atoms with Crippen LogP contribution in [0, 0.1) is 11.3 Å². The minimum atomic E-state index is -1.01. The maximum atomic E-state index is 13.0. The van der Waals surface area contributed by atoms with Crippen molar-refractivity contribution < 1.29 is 4.79 Å². The predicted molar refractivity (Wildman–Crippen MR) is 121 cm³/mol. The summed E-state index contributed by atoms with van der Waals surface area (Å²) in [5, 5.41) is 12.8. The molecule has 7 heteroatoms. The van der Waals surface area contributed by atoms with Crippen LogP contribution in [0.15, 0.2) is 54.6 Å². The lowest BCUT2D eigenvalue weighted by Gasteiger charge is -2.34. The molecule has 7 nitrogen and oxygen atoms in total. The van der Waals surface area contributed by atoms with Gasteiger partial charge in [-0.2, -0.15) is 5.26 Å². The highest BCUT2D eigenvalue weighted by Gasteiger charge is 2.29. The molecule has 0 aliphatic carbocycles. The second kappa shape index (κ2) is 9.54. The molecule has 0 saturated carbocycles. The van der Waals surface area contributed by atoms with E-state index in [1.807, 2.05) is 54.6 Å². The van der Waals surface area contributed by atoms with Gasteiger partial charge in [0, 0.05) is 32.7 Å². The molecule has 4 rings (SSSR count). The molecule has 2 aromatic carbocycles. The summed E-state index contributed by atoms with van der Waals surface area (Å²) in [5.74, 6) is -0.711. The quantitative estimate of drug-likeness (QED) is 0.667. The van der Waals surface area contributed by atoms with Gasteiger partial charge in [0.1, 0.15) is 5.69 Å². The topological polar surface area (TPSA) is 85.2 Å². The van der Waals surface area contributed by atoms with Crippen molar-refractivity contribution in [2.24, 2.45) is 0 Å². The monoisotopic (exact) mass is 414 g/mol. The number of rotatable bonds is 6. The Labute approximate surface area is 182 Å². The Hall–Kier alpha value is -3.50. The molecule has 1 aliphatic rings. The number of para-hydroxylation sites is 2. The van der Waals surface area contributed by atoms with Crippen molar-refractivity contribution in [2.75, 3.05) is 44.7 Å². The number of fused-ring (bicyclic) bond motifs is 1. The minimum absolute atomic E-state index is 0.335. The normalized spacial score (nSPS) is 15.4. The van der Waals surface area contributed by atoms with Gasteiger partial charge in [0.25, 0.3) is 0 Å². The smallest absolute Gasteiger partial charge is 0.243 e. The number of hydrogen-bond donors (Lipinski definition) is 1. The third kappa shape index (κ3) is 4.81. The molecule has 0 spiro atoms. The lowest BCUT2D eigenvalue weighted by molar-refractivity contribution is -0.121. The Balaban J connectivity index is 1.59. The molecule has 1 atom stereocenters. The first-order chi connectivity index (χ1) is 15.2. The number of nitrogens with one attached hydrogen (secondary N) is 1. The summed E-state index contributed by atoms with van der Waals surface area (Å²) < 4.78 is 0. The third-order valence-electron chi connectivity index (χ3n) is 5.60. The van der Waals surface area contributed by atoms with E-state index >= 15 is 0 Å². The van der Waals surface area contributed by atoms with Gasteiger partial charge < -0.3 is 15.1 Å². The number of likely N-dealkylation sites (N-methyl/N-ethyl adjacent to an activating group) is 1. The van der Waals surface area contributed by atoms with Crippen LogP contribution in [0.25, 0.3) is 11.0 Å². The number of carbonyl (C=O) groups is 1. The highest BCUT2D eigenvalue weighted by atomic mass is 16.1. The van der Waals surface area contributed by atoms with Crippen LogP contribution in [0.4, 0.5) is 5.82 Å². The van der Waals surface area contributed by atoms with E-state index in [0.29, 0.717) is 30.0 Å². The van der Waals surface area contributed by atoms with E-state index in [-0.39, 0.29) is 5.91 Å². The van der Waals surface area contributed by atoms with Gasteiger partial charge in [-0.15, -0.1) is 0 Å². The van der Waals surface area contributed by atoms with E-state index in [2.05, 4.69) is 28.2 Å². The number of amides is 1. The van der Waals surface area contributed by atoms with Crippen LogP contribution in [0.2, 0.25) is 0 Å². The Morgan fingerprint density at radius 2 is 1.68 bits per heavy atom. The van der Waals surface area contributed by atoms with E-state index in [4.69, 9.17) is 9.97 Å². The maximum absolute atomic E-state index is 13.0. The van der Waals surface area contributed by atoms with Gasteiger partial charge in [-0.25, -0.2) is 9.97 Å². The molecule has 1 amide bonds. The van der Waals surface area contributed by atoms with E-state index < -0.39 is 5.92 Å². The minimum Gasteiger partial charge on any atom is -0.354 e. The number of nitrogens with zero attached hydrogens (tertiary/aromatic N) is 5. The van der Waals surface area contributed by atoms with Crippen LogP contribution in [0.5, 0.6) is 0 Å². The molecule has 1 saturated heterocycles. The summed E-state index contributed by atoms with van der Waals surface area (Å²) in [6.07, 6.45) is 0.708. The van der Waals surface area contributed by atoms with Gasteiger partial charge in [-0.3, -0.25) is 4.79 Å². The van der Waals surface area contributed by atoms with E-state index in [0.717, 1.165) is 37.3 Å². The Kier molecular flexibility index (Phi) is 6.39. The summed E-state index contributed by atoms with van der Waals surface area (Å²) in [5.41, 5.74) is 3.02. The number of benzene rings is 2. The average Bonchev–Trinajstić information content (AvgIpc) is 2.80. The first-order valence-electron chi connectivity index (χ1n) is 10.6. The fourth-order valence-corrected chi connectivity index (χ4v) is 3.77. The molecule has 1 unspecified atom stereocenters. The number of carbonyl (C=O) groups excluding carboxylic acids is 1. The SMILES string of the molecule is CN1CCN(c2nc3ccccc3nc2C(C#N)C(=O)NCCc2ccccc2)CC1. The third-order valence-corrected chi connectivity index (χ3v) is 5.60. The molecular formula is C24H26N6O. The summed E-state index contributed by atoms with van der Waals surface area (Å²) in [4.78, 5) is 26.9. The van der Waals surface area contributed by atoms with E-state index in [1.165, 1.54) is 0 Å². The lowest BCUT2D eigenvalue weighted by atomic mass is 10.0. The summed E-state index contributed by atoms with van der Waals surface area (Å²) in [7, 11) is 2.09. The first kappa shape index (κ1) is 20.8. The van der Waals surface area contributed by atoms with Crippen molar-refractivity contribution in [2.45, 2.75) is 12.3 Å². The van der Waals surface area contributed by atoms with Crippen molar-refractivity contribution in [3.05, 3.63) is 65.9 Å². The molecule has 1 fully saturated rings. The fraction of sp³-hybridized carbons (Fsp3) is 0.333. The van der Waals surface area contributed by atoms with Crippen LogP contribution in [0.1, 0.15) is 17.2 Å². The highest BCUT2D eigenvalue weighted by molar-refractivity contribution is 5.88. The molecular weight excluding hydrogens is 388 g/mol. The van der Waals surface area contributed by atoms with Gasteiger partial charge in [0.2, 0.25) is 5.91 Å². The second-order valence-corrected chi connectivity index (χ2v) is 7.80. The molecule has 0 radical (unpaired) electrons. The van der Waals surface area contributed by atoms with Crippen molar-refractivity contribution in [1.29, 1.82) is 5.26 Å². The molecule has 31 heavy (non-hydrogen) atoms. The zero-order chi connectivity index (χ0) is 21.6. The maximum Gasteiger partial charge on any atom is 0.243 e. The Morgan fingerprint density at radius 3 is 2.35 bits per heavy atom. The zero-order valence-electron chi connectivity index (χ0n) is 17.7. The molecule has 1 aromatic heterocycles. The summed E-state index contributed by atoms with van der Waals surface area (Å²) in [6.45, 7) is 3.82. The van der Waals surface area contributed by atoms with Gasteiger partial charge in [-0.1, -0.05) is 42.5 Å². The Morgan fingerprint density at radius 1 is 1.03 bits per heavy atom. The average molecular weight is 415 g/mol. The number of piperazine rings is 1. The van der Waals surface area contributed by atoms with Crippen molar-refractivity contribution in [3.63, 3.8) is 0 Å².